The molecule has 0 unspecified atom stereocenters. The van der Waals surface area contributed by atoms with Crippen LogP contribution in [0.2, 0.25) is 0 Å². The minimum Gasteiger partial charge on any atom is -0.497 e. The molecule has 0 fully saturated rings. The number of aromatic nitrogens is 4. The molecule has 166 valence electrons. The zero-order valence-electron chi connectivity index (χ0n) is 18.3. The van der Waals surface area contributed by atoms with Crippen LogP contribution in [0.15, 0.2) is 79.1 Å². The van der Waals surface area contributed by atoms with Crippen molar-refractivity contribution in [1.82, 2.24) is 19.7 Å². The number of ether oxygens (including phenoxy) is 2. The highest BCUT2D eigenvalue weighted by molar-refractivity contribution is 5.94. The van der Waals surface area contributed by atoms with Gasteiger partial charge in [0.25, 0.3) is 5.91 Å². The van der Waals surface area contributed by atoms with Crippen molar-refractivity contribution in [3.05, 3.63) is 90.3 Å². The highest BCUT2D eigenvalue weighted by atomic mass is 16.5. The number of carbonyl (C=O) groups excluding carboxylic acids is 1. The molecule has 1 N–H and O–H groups in total. The lowest BCUT2D eigenvalue weighted by atomic mass is 10.2. The molecule has 4 rings (SSSR count). The van der Waals surface area contributed by atoms with Crippen LogP contribution < -0.4 is 14.8 Å². The van der Waals surface area contributed by atoms with Crippen molar-refractivity contribution in [2.75, 3.05) is 19.5 Å². The number of rotatable bonds is 8. The Morgan fingerprint density at radius 2 is 1.85 bits per heavy atom. The molecular weight excluding hydrogens is 418 g/mol. The van der Waals surface area contributed by atoms with Crippen LogP contribution in [0.5, 0.6) is 11.5 Å². The zero-order valence-corrected chi connectivity index (χ0v) is 18.3. The summed E-state index contributed by atoms with van der Waals surface area (Å²) in [5, 5.41) is 7.63. The molecule has 0 spiro atoms. The van der Waals surface area contributed by atoms with Crippen LogP contribution in [0.1, 0.15) is 15.9 Å². The third kappa shape index (κ3) is 5.24. The molecule has 2 aromatic carbocycles. The molecule has 0 atom stereocenters. The number of benzene rings is 2. The van der Waals surface area contributed by atoms with Gasteiger partial charge >= 0.3 is 0 Å². The van der Waals surface area contributed by atoms with Gasteiger partial charge < -0.3 is 14.8 Å². The van der Waals surface area contributed by atoms with Gasteiger partial charge in [0.1, 0.15) is 11.5 Å². The molecule has 33 heavy (non-hydrogen) atoms. The molecule has 8 heteroatoms. The first-order chi connectivity index (χ1) is 16.2. The SMILES string of the molecule is COc1ccc(/C=C/C(=O)n2nc(-c3cccnc3)nc2NCc2ccccc2OC)cc1. The minimum atomic E-state index is -0.337. The second-order valence-corrected chi connectivity index (χ2v) is 7.02. The Kier molecular flexibility index (Phi) is 6.75. The number of nitrogens with one attached hydrogen (secondary N) is 1. The van der Waals surface area contributed by atoms with Gasteiger partial charge in [0.15, 0.2) is 5.82 Å². The van der Waals surface area contributed by atoms with E-state index < -0.39 is 0 Å². The molecule has 2 aromatic heterocycles. The van der Waals surface area contributed by atoms with E-state index in [1.807, 2.05) is 54.6 Å². The Hall–Kier alpha value is -4.46. The Morgan fingerprint density at radius 3 is 2.58 bits per heavy atom. The maximum Gasteiger partial charge on any atom is 0.274 e. The van der Waals surface area contributed by atoms with E-state index in [4.69, 9.17) is 9.47 Å². The molecule has 8 nitrogen and oxygen atoms in total. The number of hydrogen-bond acceptors (Lipinski definition) is 7. The van der Waals surface area contributed by atoms with Crippen LogP contribution in [0.3, 0.4) is 0 Å². The molecule has 4 aromatic rings. The first kappa shape index (κ1) is 21.8. The molecule has 0 aliphatic carbocycles. The lowest BCUT2D eigenvalue weighted by molar-refractivity contribution is 0.0957. The molecule has 0 aliphatic heterocycles. The highest BCUT2D eigenvalue weighted by Crippen LogP contribution is 2.21. The van der Waals surface area contributed by atoms with Gasteiger partial charge in [-0.25, -0.2) is 0 Å². The minimum absolute atomic E-state index is 0.323. The first-order valence-corrected chi connectivity index (χ1v) is 10.3. The van der Waals surface area contributed by atoms with E-state index >= 15 is 0 Å². The van der Waals surface area contributed by atoms with Gasteiger partial charge in [-0.3, -0.25) is 9.78 Å². The van der Waals surface area contributed by atoms with Crippen LogP contribution in [0.4, 0.5) is 5.95 Å². The van der Waals surface area contributed by atoms with Gasteiger partial charge in [-0.1, -0.05) is 30.3 Å². The summed E-state index contributed by atoms with van der Waals surface area (Å²) in [6, 6.07) is 18.7. The van der Waals surface area contributed by atoms with Crippen molar-refractivity contribution in [2.45, 2.75) is 6.54 Å². The van der Waals surface area contributed by atoms with Gasteiger partial charge in [-0.2, -0.15) is 9.67 Å². The summed E-state index contributed by atoms with van der Waals surface area (Å²) >= 11 is 0. The quantitative estimate of drug-likeness (QED) is 0.407. The third-order valence-electron chi connectivity index (χ3n) is 4.90. The van der Waals surface area contributed by atoms with Gasteiger partial charge in [0.05, 0.1) is 14.2 Å². The third-order valence-corrected chi connectivity index (χ3v) is 4.90. The summed E-state index contributed by atoms with van der Waals surface area (Å²) in [5.74, 6) is 1.88. The second kappa shape index (κ2) is 10.2. The number of allylic oxidation sites excluding steroid dienone is 1. The fraction of sp³-hybridized carbons (Fsp3) is 0.120. The molecule has 0 amide bonds. The van der Waals surface area contributed by atoms with Gasteiger partial charge in [-0.15, -0.1) is 5.10 Å². The van der Waals surface area contributed by atoms with Crippen molar-refractivity contribution in [2.24, 2.45) is 0 Å². The first-order valence-electron chi connectivity index (χ1n) is 10.3. The van der Waals surface area contributed by atoms with Gasteiger partial charge in [0.2, 0.25) is 5.95 Å². The maximum atomic E-state index is 13.0. The van der Waals surface area contributed by atoms with Crippen LogP contribution in [0, 0.1) is 0 Å². The average molecular weight is 441 g/mol. The smallest absolute Gasteiger partial charge is 0.274 e. The van der Waals surface area contributed by atoms with E-state index in [2.05, 4.69) is 20.4 Å². The number of para-hydroxylation sites is 1. The Labute approximate surface area is 191 Å². The summed E-state index contributed by atoms with van der Waals surface area (Å²) in [6.07, 6.45) is 6.50. The Morgan fingerprint density at radius 1 is 1.03 bits per heavy atom. The summed E-state index contributed by atoms with van der Waals surface area (Å²) in [4.78, 5) is 21.7. The lowest BCUT2D eigenvalue weighted by Gasteiger charge is -2.09. The number of nitrogens with zero attached hydrogens (tertiary/aromatic N) is 4. The topological polar surface area (TPSA) is 91.2 Å². The van der Waals surface area contributed by atoms with Crippen LogP contribution >= 0.6 is 0 Å². The predicted octanol–water partition coefficient (Wildman–Crippen LogP) is 4.32. The standard InChI is InChI=1S/C25H23N5O3/c1-32-21-12-9-18(10-13-21)11-14-23(31)30-25(27-17-19-6-3-4-8-22(19)33-2)28-24(29-30)20-7-5-15-26-16-20/h3-16H,17H2,1-2H3,(H,27,28,29)/b14-11+. The van der Waals surface area contributed by atoms with Crippen molar-refractivity contribution < 1.29 is 14.3 Å². The average Bonchev–Trinajstić information content (AvgIpc) is 3.31. The van der Waals surface area contributed by atoms with E-state index in [9.17, 15) is 4.79 Å². The Balaban J connectivity index is 1.61. The normalized spacial score (nSPS) is 10.8. The van der Waals surface area contributed by atoms with E-state index in [1.54, 1.807) is 38.8 Å². The summed E-state index contributed by atoms with van der Waals surface area (Å²) in [7, 11) is 3.23. The molecule has 0 bridgehead atoms. The van der Waals surface area contributed by atoms with Crippen LogP contribution in [0.25, 0.3) is 17.5 Å². The Bertz CT molecular complexity index is 1250. The van der Waals surface area contributed by atoms with E-state index in [0.717, 1.165) is 22.6 Å². The number of methoxy groups -OCH3 is 2. The highest BCUT2D eigenvalue weighted by Gasteiger charge is 2.16. The largest absolute Gasteiger partial charge is 0.497 e. The number of anilines is 1. The number of carbonyl (C=O) groups is 1. The fourth-order valence-electron chi connectivity index (χ4n) is 3.17. The zero-order chi connectivity index (χ0) is 23.0. The van der Waals surface area contributed by atoms with Crippen molar-refractivity contribution in [3.8, 4) is 22.9 Å². The van der Waals surface area contributed by atoms with E-state index in [-0.39, 0.29) is 5.91 Å². The molecule has 0 radical (unpaired) electrons. The number of pyridine rings is 1. The van der Waals surface area contributed by atoms with E-state index in [0.29, 0.717) is 23.9 Å². The van der Waals surface area contributed by atoms with Crippen molar-refractivity contribution in [1.29, 1.82) is 0 Å². The summed E-state index contributed by atoms with van der Waals surface area (Å²) in [5.41, 5.74) is 2.50. The molecular formula is C25H23N5O3. The maximum absolute atomic E-state index is 13.0. The molecule has 0 aliphatic rings. The van der Waals surface area contributed by atoms with Crippen molar-refractivity contribution >= 4 is 17.9 Å². The molecule has 0 saturated carbocycles. The summed E-state index contributed by atoms with van der Waals surface area (Å²) in [6.45, 7) is 0.407. The monoisotopic (exact) mass is 441 g/mol. The second-order valence-electron chi connectivity index (χ2n) is 7.02. The molecule has 0 saturated heterocycles. The van der Waals surface area contributed by atoms with Crippen molar-refractivity contribution in [3.63, 3.8) is 0 Å². The van der Waals surface area contributed by atoms with E-state index in [1.165, 1.54) is 10.8 Å². The summed E-state index contributed by atoms with van der Waals surface area (Å²) < 4.78 is 11.8. The fourth-order valence-corrected chi connectivity index (χ4v) is 3.17. The van der Waals surface area contributed by atoms with Gasteiger partial charge in [0, 0.05) is 36.1 Å². The van der Waals surface area contributed by atoms with Crippen LogP contribution in [-0.2, 0) is 6.54 Å². The van der Waals surface area contributed by atoms with Crippen LogP contribution in [-0.4, -0.2) is 39.9 Å². The number of hydrogen-bond donors (Lipinski definition) is 1. The van der Waals surface area contributed by atoms with Gasteiger partial charge in [-0.05, 0) is 42.0 Å². The molecule has 2 heterocycles. The predicted molar refractivity (Wildman–Crippen MR) is 126 cm³/mol. The lowest BCUT2D eigenvalue weighted by Crippen LogP contribution is -2.14.